The van der Waals surface area contributed by atoms with E-state index in [1.807, 2.05) is 0 Å². The van der Waals surface area contributed by atoms with Gasteiger partial charge in [-0.05, 0) is 12.1 Å². The van der Waals surface area contributed by atoms with Gasteiger partial charge in [-0.25, -0.2) is 14.8 Å². The van der Waals surface area contributed by atoms with E-state index in [0.29, 0.717) is 11.6 Å². The van der Waals surface area contributed by atoms with Crippen molar-refractivity contribution < 1.29 is 9.90 Å². The third-order valence-corrected chi connectivity index (χ3v) is 2.05. The molecule has 0 aliphatic heterocycles. The Hall–Kier alpha value is -2.21. The minimum absolute atomic E-state index is 0.0522. The van der Waals surface area contributed by atoms with Crippen molar-refractivity contribution in [2.45, 2.75) is 0 Å². The Labute approximate surface area is 101 Å². The second kappa shape index (κ2) is 4.75. The van der Waals surface area contributed by atoms with Gasteiger partial charge in [0.1, 0.15) is 16.8 Å². The average molecular weight is 251 g/mol. The molecule has 0 aromatic carbocycles. The van der Waals surface area contributed by atoms with Gasteiger partial charge in [0, 0.05) is 12.4 Å². The third-order valence-electron chi connectivity index (χ3n) is 1.86. The van der Waals surface area contributed by atoms with E-state index in [9.17, 15) is 4.79 Å². The Bertz CT molecular complexity index is 547. The first-order chi connectivity index (χ1) is 8.15. The van der Waals surface area contributed by atoms with Gasteiger partial charge in [0.2, 0.25) is 0 Å². The van der Waals surface area contributed by atoms with Gasteiger partial charge < -0.3 is 10.4 Å². The van der Waals surface area contributed by atoms with Crippen LogP contribution in [0.2, 0.25) is 5.15 Å². The number of halogens is 1. The van der Waals surface area contributed by atoms with Crippen LogP contribution in [0.1, 0.15) is 10.4 Å². The molecule has 7 heteroatoms. The van der Waals surface area contributed by atoms with E-state index < -0.39 is 5.97 Å². The lowest BCUT2D eigenvalue weighted by Crippen LogP contribution is -2.01. The minimum atomic E-state index is -1.07. The molecule has 86 valence electrons. The molecule has 0 radical (unpaired) electrons. The molecule has 0 bridgehead atoms. The number of aromatic nitrogens is 3. The summed E-state index contributed by atoms with van der Waals surface area (Å²) in [6, 6.07) is 2.63. The van der Waals surface area contributed by atoms with Gasteiger partial charge in [0.15, 0.2) is 0 Å². The monoisotopic (exact) mass is 250 g/mol. The molecule has 0 unspecified atom stereocenters. The van der Waals surface area contributed by atoms with Crippen LogP contribution in [0, 0.1) is 0 Å². The minimum Gasteiger partial charge on any atom is -0.478 e. The quantitative estimate of drug-likeness (QED) is 0.810. The maximum atomic E-state index is 10.8. The summed E-state index contributed by atoms with van der Waals surface area (Å²) in [7, 11) is 0. The van der Waals surface area contributed by atoms with E-state index in [1.54, 1.807) is 0 Å². The molecule has 2 aromatic heterocycles. The fourth-order valence-electron chi connectivity index (χ4n) is 1.18. The normalized spacial score (nSPS) is 9.94. The maximum Gasteiger partial charge on any atom is 0.335 e. The second-order valence-corrected chi connectivity index (χ2v) is 3.47. The van der Waals surface area contributed by atoms with Gasteiger partial charge in [-0.1, -0.05) is 11.6 Å². The highest BCUT2D eigenvalue weighted by molar-refractivity contribution is 6.29. The highest BCUT2D eigenvalue weighted by Gasteiger charge is 2.07. The summed E-state index contributed by atoms with van der Waals surface area (Å²) >= 11 is 5.71. The summed E-state index contributed by atoms with van der Waals surface area (Å²) in [5.74, 6) is -0.314. The number of carboxylic acids is 1. The van der Waals surface area contributed by atoms with Crippen molar-refractivity contribution in [1.82, 2.24) is 15.0 Å². The molecule has 17 heavy (non-hydrogen) atoms. The molecule has 0 spiro atoms. The van der Waals surface area contributed by atoms with Gasteiger partial charge in [0.05, 0.1) is 11.8 Å². The highest BCUT2D eigenvalue weighted by atomic mass is 35.5. The van der Waals surface area contributed by atoms with Crippen molar-refractivity contribution in [1.29, 1.82) is 0 Å². The SMILES string of the molecule is O=C(O)c1cc(Cl)nc(Nc2cnccn2)c1. The predicted molar refractivity (Wildman–Crippen MR) is 61.5 cm³/mol. The topological polar surface area (TPSA) is 88.0 Å². The Morgan fingerprint density at radius 3 is 2.76 bits per heavy atom. The number of anilines is 2. The van der Waals surface area contributed by atoms with Crippen molar-refractivity contribution in [2.75, 3.05) is 5.32 Å². The first-order valence-corrected chi connectivity index (χ1v) is 4.97. The number of carbonyl (C=O) groups is 1. The van der Waals surface area contributed by atoms with Gasteiger partial charge >= 0.3 is 5.97 Å². The Kier molecular flexibility index (Phi) is 3.15. The summed E-state index contributed by atoms with van der Waals surface area (Å²) in [6.45, 7) is 0. The van der Waals surface area contributed by atoms with Crippen LogP contribution in [0.4, 0.5) is 11.6 Å². The molecule has 0 amide bonds. The number of aromatic carboxylic acids is 1. The average Bonchev–Trinajstić information content (AvgIpc) is 2.29. The molecule has 0 aliphatic carbocycles. The van der Waals surface area contributed by atoms with E-state index in [4.69, 9.17) is 16.7 Å². The van der Waals surface area contributed by atoms with Crippen LogP contribution in [0.3, 0.4) is 0 Å². The van der Waals surface area contributed by atoms with Crippen molar-refractivity contribution in [2.24, 2.45) is 0 Å². The Balaban J connectivity index is 2.30. The summed E-state index contributed by atoms with van der Waals surface area (Å²) in [5, 5.41) is 11.8. The molecule has 0 atom stereocenters. The molecule has 0 aliphatic rings. The Morgan fingerprint density at radius 2 is 2.12 bits per heavy atom. The number of hydrogen-bond donors (Lipinski definition) is 2. The first kappa shape index (κ1) is 11.3. The summed E-state index contributed by atoms with van der Waals surface area (Å²) in [4.78, 5) is 22.6. The number of hydrogen-bond acceptors (Lipinski definition) is 5. The van der Waals surface area contributed by atoms with Crippen LogP contribution in [0.15, 0.2) is 30.7 Å². The standard InChI is InChI=1S/C10H7ClN4O2/c11-7-3-6(10(16)17)4-8(14-7)15-9-5-12-1-2-13-9/h1-5H,(H,16,17)(H,13,14,15). The van der Waals surface area contributed by atoms with Crippen LogP contribution < -0.4 is 5.32 Å². The third kappa shape index (κ3) is 2.88. The van der Waals surface area contributed by atoms with Crippen molar-refractivity contribution in [3.8, 4) is 0 Å². The van der Waals surface area contributed by atoms with Gasteiger partial charge in [-0.2, -0.15) is 0 Å². The predicted octanol–water partition coefficient (Wildman–Crippen LogP) is 1.97. The number of rotatable bonds is 3. The Morgan fingerprint density at radius 1 is 1.29 bits per heavy atom. The zero-order valence-corrected chi connectivity index (χ0v) is 9.22. The molecule has 2 aromatic rings. The molecular formula is C10H7ClN4O2. The molecule has 0 saturated carbocycles. The summed E-state index contributed by atoms with van der Waals surface area (Å²) in [5.41, 5.74) is 0.0522. The molecule has 6 nitrogen and oxygen atoms in total. The fraction of sp³-hybridized carbons (Fsp3) is 0. The lowest BCUT2D eigenvalue weighted by Gasteiger charge is -2.05. The van der Waals surface area contributed by atoms with E-state index >= 15 is 0 Å². The zero-order chi connectivity index (χ0) is 12.3. The molecule has 2 heterocycles. The van der Waals surface area contributed by atoms with Crippen LogP contribution in [0.25, 0.3) is 0 Å². The fourth-order valence-corrected chi connectivity index (χ4v) is 1.39. The summed E-state index contributed by atoms with van der Waals surface area (Å²) < 4.78 is 0. The first-order valence-electron chi connectivity index (χ1n) is 4.59. The number of nitrogens with one attached hydrogen (secondary N) is 1. The number of pyridine rings is 1. The van der Waals surface area contributed by atoms with Crippen LogP contribution in [-0.2, 0) is 0 Å². The van der Waals surface area contributed by atoms with E-state index in [1.165, 1.54) is 30.7 Å². The van der Waals surface area contributed by atoms with Gasteiger partial charge in [0.25, 0.3) is 0 Å². The maximum absolute atomic E-state index is 10.8. The van der Waals surface area contributed by atoms with Crippen LogP contribution in [0.5, 0.6) is 0 Å². The smallest absolute Gasteiger partial charge is 0.335 e. The number of carboxylic acid groups (broad SMARTS) is 1. The van der Waals surface area contributed by atoms with Crippen LogP contribution >= 0.6 is 11.6 Å². The lowest BCUT2D eigenvalue weighted by molar-refractivity contribution is 0.0697. The van der Waals surface area contributed by atoms with Gasteiger partial charge in [-0.3, -0.25) is 4.98 Å². The van der Waals surface area contributed by atoms with E-state index in [2.05, 4.69) is 20.3 Å². The molecular weight excluding hydrogens is 244 g/mol. The molecule has 2 rings (SSSR count). The van der Waals surface area contributed by atoms with Gasteiger partial charge in [-0.15, -0.1) is 0 Å². The molecule has 0 saturated heterocycles. The van der Waals surface area contributed by atoms with Crippen molar-refractivity contribution in [3.05, 3.63) is 41.4 Å². The van der Waals surface area contributed by atoms with E-state index in [0.717, 1.165) is 0 Å². The molecule has 0 fully saturated rings. The largest absolute Gasteiger partial charge is 0.478 e. The van der Waals surface area contributed by atoms with E-state index in [-0.39, 0.29) is 10.7 Å². The van der Waals surface area contributed by atoms with Crippen LogP contribution in [-0.4, -0.2) is 26.0 Å². The van der Waals surface area contributed by atoms with Crippen molar-refractivity contribution >= 4 is 29.2 Å². The lowest BCUT2D eigenvalue weighted by atomic mass is 10.2. The second-order valence-electron chi connectivity index (χ2n) is 3.08. The zero-order valence-electron chi connectivity index (χ0n) is 8.46. The highest BCUT2D eigenvalue weighted by Crippen LogP contribution is 2.17. The molecule has 2 N–H and O–H groups in total. The number of nitrogens with zero attached hydrogens (tertiary/aromatic N) is 3. The van der Waals surface area contributed by atoms with Crippen molar-refractivity contribution in [3.63, 3.8) is 0 Å². The summed E-state index contributed by atoms with van der Waals surface area (Å²) in [6.07, 6.45) is 4.52.